The first kappa shape index (κ1) is 40.9. The number of carbonyl (C=O) groups excluding carboxylic acids is 2. The van der Waals surface area contributed by atoms with Crippen molar-refractivity contribution in [2.24, 2.45) is 0 Å². The van der Waals surface area contributed by atoms with Gasteiger partial charge in [-0.15, -0.1) is 0 Å². The maximum absolute atomic E-state index is 13.8. The number of nitrogens with zero attached hydrogens (tertiary/aromatic N) is 2. The number of esters is 2. The fraction of sp³-hybridized carbons (Fsp3) is 0.412. The monoisotopic (exact) mass is 763 g/mol. The highest BCUT2D eigenvalue weighted by molar-refractivity contribution is 7.64. The smallest absolute Gasteiger partial charge is 0.510 e. The van der Waals surface area contributed by atoms with Gasteiger partial charge in [0.25, 0.3) is 0 Å². The highest BCUT2D eigenvalue weighted by atomic mass is 31.3. The second kappa shape index (κ2) is 19.3. The predicted octanol–water partition coefficient (Wildman–Crippen LogP) is 4.88. The first-order chi connectivity index (χ1) is 24.7. The van der Waals surface area contributed by atoms with Crippen molar-refractivity contribution in [3.63, 3.8) is 0 Å². The van der Waals surface area contributed by atoms with E-state index in [0.29, 0.717) is 23.3 Å². The van der Waals surface area contributed by atoms with Gasteiger partial charge >= 0.3 is 33.6 Å². The fourth-order valence-electron chi connectivity index (χ4n) is 4.71. The molecule has 0 spiro atoms. The number of hydrogen-bond donors (Lipinski definition) is 1. The zero-order chi connectivity index (χ0) is 37.7. The highest BCUT2D eigenvalue weighted by Crippen LogP contribution is 2.66. The van der Waals surface area contributed by atoms with Gasteiger partial charge in [0.2, 0.25) is 0 Å². The van der Waals surface area contributed by atoms with Crippen LogP contribution in [0.5, 0.6) is 17.4 Å². The van der Waals surface area contributed by atoms with E-state index >= 15 is 0 Å². The summed E-state index contributed by atoms with van der Waals surface area (Å²) in [5.41, 5.74) is 0.229. The van der Waals surface area contributed by atoms with Crippen molar-refractivity contribution in [2.75, 3.05) is 6.61 Å². The van der Waals surface area contributed by atoms with Crippen LogP contribution in [0.1, 0.15) is 75.3 Å². The Morgan fingerprint density at radius 1 is 0.962 bits per heavy atom. The summed E-state index contributed by atoms with van der Waals surface area (Å²) in [6.07, 6.45) is 7.54. The van der Waals surface area contributed by atoms with Gasteiger partial charge in [0, 0.05) is 19.5 Å². The Balaban J connectivity index is 1.37. The number of aryl methyl sites for hydroxylation is 1. The Hall–Kier alpha value is -3.82. The quantitative estimate of drug-likeness (QED) is 0.0534. The highest BCUT2D eigenvalue weighted by Gasteiger charge is 2.44. The van der Waals surface area contributed by atoms with Gasteiger partial charge in [0.15, 0.2) is 6.23 Å². The number of phosphoric acid groups is 2. The summed E-state index contributed by atoms with van der Waals surface area (Å²) >= 11 is 0. The molecule has 0 aliphatic carbocycles. The van der Waals surface area contributed by atoms with E-state index in [0.717, 1.165) is 36.7 Å². The van der Waals surface area contributed by atoms with Crippen LogP contribution in [-0.4, -0.2) is 39.1 Å². The lowest BCUT2D eigenvalue weighted by Crippen LogP contribution is -2.29. The van der Waals surface area contributed by atoms with Crippen LogP contribution in [-0.2, 0) is 50.0 Å². The number of hydrogen-bond acceptors (Lipinski definition) is 14. The second-order valence-corrected chi connectivity index (χ2v) is 15.0. The van der Waals surface area contributed by atoms with E-state index < -0.39 is 65.7 Å². The standard InChI is InChI=1S/C34H42N2O14P2/c1-4-5-6-7-8-9-32(38)49-29-16-12-27(13-17-29)22-46-52(43,45-21-26-10-14-28(15-11-26)47-25(3)37)50-51(41,42)44-23-30-18-19-31(48-30)36-20-24(2)33(39)35-34(36)40/h10-20,30-31H,4-9,21-23H2,1-3H3,(H,41,42)(H,35,39,40)/p-1/t30-,31+,52?/m0/s1. The molecule has 0 saturated heterocycles. The van der Waals surface area contributed by atoms with Gasteiger partial charge in [-0.1, -0.05) is 67.3 Å². The maximum atomic E-state index is 13.8. The van der Waals surface area contributed by atoms with Gasteiger partial charge in [-0.3, -0.25) is 18.7 Å². The van der Waals surface area contributed by atoms with E-state index in [-0.39, 0.29) is 17.3 Å². The van der Waals surface area contributed by atoms with E-state index in [9.17, 15) is 33.8 Å². The zero-order valence-corrected chi connectivity index (χ0v) is 30.7. The largest absolute Gasteiger partial charge is 0.858 e. The lowest BCUT2D eigenvalue weighted by Gasteiger charge is -2.26. The van der Waals surface area contributed by atoms with Gasteiger partial charge < -0.3 is 29.1 Å². The van der Waals surface area contributed by atoms with E-state index in [1.54, 1.807) is 12.1 Å². The summed E-state index contributed by atoms with van der Waals surface area (Å²) in [5.74, 6) is -1.00. The number of aromatic nitrogens is 2. The molecule has 1 N–H and O–H groups in total. The number of ether oxygens (including phenoxy) is 3. The molecular weight excluding hydrogens is 722 g/mol. The summed E-state index contributed by atoms with van der Waals surface area (Å²) in [6, 6.07) is 12.1. The van der Waals surface area contributed by atoms with E-state index in [1.807, 2.05) is 0 Å². The van der Waals surface area contributed by atoms with Gasteiger partial charge in [0.05, 0.1) is 6.61 Å². The van der Waals surface area contributed by atoms with Crippen LogP contribution in [0.3, 0.4) is 0 Å². The molecule has 3 aromatic rings. The van der Waals surface area contributed by atoms with Crippen molar-refractivity contribution >= 4 is 27.9 Å². The molecule has 0 fully saturated rings. The number of unbranched alkanes of at least 4 members (excludes halogenated alkanes) is 4. The van der Waals surface area contributed by atoms with Crippen molar-refractivity contribution in [1.82, 2.24) is 9.55 Å². The van der Waals surface area contributed by atoms with Crippen molar-refractivity contribution in [1.29, 1.82) is 0 Å². The van der Waals surface area contributed by atoms with E-state index in [1.165, 1.54) is 68.6 Å². The molecule has 1 aromatic heterocycles. The van der Waals surface area contributed by atoms with Crippen LogP contribution in [0.2, 0.25) is 0 Å². The molecule has 52 heavy (non-hydrogen) atoms. The maximum Gasteiger partial charge on any atom is 0.510 e. The van der Waals surface area contributed by atoms with E-state index in [2.05, 4.69) is 11.9 Å². The van der Waals surface area contributed by atoms with E-state index in [4.69, 9.17) is 32.1 Å². The SMILES string of the molecule is CCCCCCCC(=O)Oc1ccc(CO[P+]([O-])(OCc2ccc(OC(C)=O)cc2)OP(=O)(O)OC[C@@H]2C=C[C@H](n3cc(C)c([O-])nc3=O)O2)cc1. The lowest BCUT2D eigenvalue weighted by atomic mass is 10.1. The van der Waals surface area contributed by atoms with Crippen molar-refractivity contribution in [2.45, 2.75) is 84.8 Å². The average molecular weight is 764 g/mol. The Kier molecular flexibility index (Phi) is 15.2. The first-order valence-corrected chi connectivity index (χ1v) is 19.4. The molecule has 16 nitrogen and oxygen atoms in total. The van der Waals surface area contributed by atoms with Crippen LogP contribution in [0.4, 0.5) is 0 Å². The molecule has 282 valence electrons. The topological polar surface area (TPSA) is 217 Å². The summed E-state index contributed by atoms with van der Waals surface area (Å²) in [7, 11) is -10.0. The van der Waals surface area contributed by atoms with Crippen LogP contribution in [0.25, 0.3) is 0 Å². The molecule has 0 radical (unpaired) electrons. The van der Waals surface area contributed by atoms with Gasteiger partial charge in [0.1, 0.15) is 30.8 Å². The Morgan fingerprint density at radius 3 is 2.15 bits per heavy atom. The van der Waals surface area contributed by atoms with Crippen molar-refractivity contribution in [3.05, 3.63) is 94.1 Å². The number of benzene rings is 2. The third kappa shape index (κ3) is 13.3. The van der Waals surface area contributed by atoms with Gasteiger partial charge in [-0.25, -0.2) is 14.3 Å². The minimum atomic E-state index is -5.15. The third-order valence-electron chi connectivity index (χ3n) is 7.38. The lowest BCUT2D eigenvalue weighted by molar-refractivity contribution is -0.276. The average Bonchev–Trinajstić information content (AvgIpc) is 3.57. The second-order valence-electron chi connectivity index (χ2n) is 11.7. The first-order valence-electron chi connectivity index (χ1n) is 16.5. The summed E-state index contributed by atoms with van der Waals surface area (Å²) in [5, 5.41) is 11.6. The molecule has 18 heteroatoms. The number of rotatable bonds is 20. The van der Waals surface area contributed by atoms with Crippen molar-refractivity contribution < 1.29 is 61.1 Å². The summed E-state index contributed by atoms with van der Waals surface area (Å²) in [4.78, 5) is 63.3. The normalized spacial score (nSPS) is 17.7. The van der Waals surface area contributed by atoms with Crippen LogP contribution in [0, 0.1) is 6.92 Å². The molecule has 2 unspecified atom stereocenters. The minimum absolute atomic E-state index is 0.212. The van der Waals surface area contributed by atoms with Gasteiger partial charge in [-0.2, -0.15) is 9.05 Å². The van der Waals surface area contributed by atoms with Gasteiger partial charge in [-0.05, 0) is 66.3 Å². The summed E-state index contributed by atoms with van der Waals surface area (Å²) in [6.45, 7) is 3.45. The Labute approximate surface area is 301 Å². The molecule has 2 aromatic carbocycles. The minimum Gasteiger partial charge on any atom is -0.858 e. The van der Waals surface area contributed by atoms with Crippen LogP contribution >= 0.6 is 16.0 Å². The molecule has 4 atom stereocenters. The Morgan fingerprint density at radius 2 is 1.56 bits per heavy atom. The molecule has 2 heterocycles. The zero-order valence-electron chi connectivity index (χ0n) is 28.9. The molecule has 0 amide bonds. The molecule has 1 aliphatic heterocycles. The predicted molar refractivity (Wildman–Crippen MR) is 182 cm³/mol. The molecular formula is C34H41N2O14P2-. The number of carbonyl (C=O) groups is 2. The fourth-order valence-corrected chi connectivity index (χ4v) is 7.31. The summed E-state index contributed by atoms with van der Waals surface area (Å²) < 4.78 is 51.0. The number of phosphoric ester groups is 2. The van der Waals surface area contributed by atoms with Crippen molar-refractivity contribution in [3.8, 4) is 17.4 Å². The van der Waals surface area contributed by atoms with Crippen LogP contribution < -0.4 is 25.2 Å². The molecule has 0 saturated carbocycles. The molecule has 1 aliphatic rings. The third-order valence-corrected chi connectivity index (χ3v) is 10.4. The van der Waals surface area contributed by atoms with Crippen LogP contribution in [0.15, 0.2) is 71.7 Å². The molecule has 0 bridgehead atoms. The Bertz CT molecular complexity index is 1780. The molecule has 4 rings (SSSR count).